The maximum absolute atomic E-state index is 10.7. The lowest BCUT2D eigenvalue weighted by atomic mass is 10.2. The molecule has 0 bridgehead atoms. The number of carboxylic acid groups (broad SMARTS) is 1. The number of carbonyl (C=O) groups is 1. The largest absolute Gasteiger partial charge is 0.481 e. The van der Waals surface area contributed by atoms with E-state index in [0.717, 1.165) is 5.56 Å². The van der Waals surface area contributed by atoms with E-state index in [-0.39, 0.29) is 6.42 Å². The lowest BCUT2D eigenvalue weighted by Crippen LogP contribution is -2.01. The van der Waals surface area contributed by atoms with Gasteiger partial charge in [0.25, 0.3) is 0 Å². The Bertz CT molecular complexity index is 699. The fraction of sp³-hybridized carbons (Fsp3) is 0.0833. The Morgan fingerprint density at radius 3 is 2.78 bits per heavy atom. The van der Waals surface area contributed by atoms with Crippen LogP contribution in [0, 0.1) is 0 Å². The Balaban J connectivity index is 2.08. The van der Waals surface area contributed by atoms with Crippen molar-refractivity contribution in [2.75, 3.05) is 0 Å². The minimum absolute atomic E-state index is 0.0579. The molecule has 0 saturated carbocycles. The molecule has 6 heteroatoms. The van der Waals surface area contributed by atoms with Gasteiger partial charge >= 0.3 is 5.97 Å². The van der Waals surface area contributed by atoms with Gasteiger partial charge in [0.05, 0.1) is 6.42 Å². The number of benzene rings is 1. The standard InChI is InChI=1S/C12H10N4O2/c17-11(18)7-9-6-10-13-14-12(16(10)15-9)8-4-2-1-3-5-8/h1-6,15H,7H2,(H,17,18). The highest BCUT2D eigenvalue weighted by atomic mass is 16.4. The van der Waals surface area contributed by atoms with Crippen molar-refractivity contribution in [1.29, 1.82) is 0 Å². The van der Waals surface area contributed by atoms with Gasteiger partial charge in [-0.25, -0.2) is 4.52 Å². The van der Waals surface area contributed by atoms with Gasteiger partial charge in [-0.3, -0.25) is 9.89 Å². The molecule has 0 aliphatic carbocycles. The second kappa shape index (κ2) is 3.99. The molecule has 2 N–H and O–H groups in total. The molecule has 0 atom stereocenters. The summed E-state index contributed by atoms with van der Waals surface area (Å²) in [6, 6.07) is 11.3. The number of aromatic nitrogens is 4. The van der Waals surface area contributed by atoms with Crippen LogP contribution in [0.3, 0.4) is 0 Å². The first-order valence-corrected chi connectivity index (χ1v) is 5.44. The van der Waals surface area contributed by atoms with Gasteiger partial charge in [-0.05, 0) is 0 Å². The second-order valence-electron chi connectivity index (χ2n) is 3.94. The molecule has 0 aliphatic rings. The topological polar surface area (TPSA) is 83.3 Å². The van der Waals surface area contributed by atoms with Gasteiger partial charge in [-0.15, -0.1) is 10.2 Å². The average molecular weight is 242 g/mol. The average Bonchev–Trinajstić information content (AvgIpc) is 2.88. The van der Waals surface area contributed by atoms with E-state index in [0.29, 0.717) is 17.2 Å². The molecule has 0 unspecified atom stereocenters. The quantitative estimate of drug-likeness (QED) is 0.726. The summed E-state index contributed by atoms with van der Waals surface area (Å²) in [6.45, 7) is 0. The van der Waals surface area contributed by atoms with E-state index >= 15 is 0 Å². The zero-order valence-corrected chi connectivity index (χ0v) is 9.37. The number of aromatic amines is 1. The van der Waals surface area contributed by atoms with E-state index in [1.165, 1.54) is 0 Å². The fourth-order valence-corrected chi connectivity index (χ4v) is 1.86. The Labute approximate surface area is 102 Å². The molecule has 3 aromatic rings. The van der Waals surface area contributed by atoms with E-state index in [1.54, 1.807) is 10.6 Å². The highest BCUT2D eigenvalue weighted by molar-refractivity contribution is 5.70. The van der Waals surface area contributed by atoms with Crippen molar-refractivity contribution in [2.45, 2.75) is 6.42 Å². The zero-order valence-electron chi connectivity index (χ0n) is 9.37. The van der Waals surface area contributed by atoms with Crippen LogP contribution in [-0.2, 0) is 11.2 Å². The SMILES string of the molecule is O=C(O)Cc1cc2nnc(-c3ccccc3)n2[nH]1. The number of hydrogen-bond acceptors (Lipinski definition) is 3. The van der Waals surface area contributed by atoms with Crippen LogP contribution in [0.15, 0.2) is 36.4 Å². The summed E-state index contributed by atoms with van der Waals surface area (Å²) in [5.41, 5.74) is 2.14. The van der Waals surface area contributed by atoms with Gasteiger partial charge < -0.3 is 5.11 Å². The Kier molecular flexibility index (Phi) is 2.33. The van der Waals surface area contributed by atoms with E-state index in [1.807, 2.05) is 30.3 Å². The summed E-state index contributed by atoms with van der Waals surface area (Å²) >= 11 is 0. The summed E-state index contributed by atoms with van der Waals surface area (Å²) in [5.74, 6) is -0.212. The molecule has 0 amide bonds. The number of hydrogen-bond donors (Lipinski definition) is 2. The van der Waals surface area contributed by atoms with E-state index in [9.17, 15) is 4.79 Å². The number of carboxylic acids is 1. The zero-order chi connectivity index (χ0) is 12.5. The molecule has 90 valence electrons. The van der Waals surface area contributed by atoms with Gasteiger partial charge in [-0.1, -0.05) is 30.3 Å². The van der Waals surface area contributed by atoms with E-state index in [2.05, 4.69) is 15.3 Å². The van der Waals surface area contributed by atoms with Crippen LogP contribution in [0.4, 0.5) is 0 Å². The monoisotopic (exact) mass is 242 g/mol. The molecule has 0 radical (unpaired) electrons. The third-order valence-electron chi connectivity index (χ3n) is 2.62. The minimum Gasteiger partial charge on any atom is -0.481 e. The summed E-state index contributed by atoms with van der Waals surface area (Å²) in [5, 5.41) is 19.8. The fourth-order valence-electron chi connectivity index (χ4n) is 1.86. The van der Waals surface area contributed by atoms with Crippen molar-refractivity contribution in [2.24, 2.45) is 0 Å². The van der Waals surface area contributed by atoms with Crippen LogP contribution in [0.25, 0.3) is 17.0 Å². The number of nitrogens with zero attached hydrogens (tertiary/aromatic N) is 3. The number of nitrogens with one attached hydrogen (secondary N) is 1. The highest BCUT2D eigenvalue weighted by Crippen LogP contribution is 2.17. The molecule has 0 spiro atoms. The molecule has 6 nitrogen and oxygen atoms in total. The van der Waals surface area contributed by atoms with Gasteiger partial charge in [0, 0.05) is 17.3 Å². The molecular weight excluding hydrogens is 232 g/mol. The van der Waals surface area contributed by atoms with Crippen molar-refractivity contribution in [3.8, 4) is 11.4 Å². The van der Waals surface area contributed by atoms with Crippen molar-refractivity contribution in [3.63, 3.8) is 0 Å². The number of H-pyrrole nitrogens is 1. The van der Waals surface area contributed by atoms with Gasteiger partial charge in [0.15, 0.2) is 11.5 Å². The molecule has 0 saturated heterocycles. The molecule has 1 aromatic carbocycles. The van der Waals surface area contributed by atoms with Crippen LogP contribution < -0.4 is 0 Å². The van der Waals surface area contributed by atoms with Crippen molar-refractivity contribution >= 4 is 11.6 Å². The van der Waals surface area contributed by atoms with Crippen LogP contribution in [-0.4, -0.2) is 30.9 Å². The Morgan fingerprint density at radius 2 is 2.06 bits per heavy atom. The molecule has 2 aromatic heterocycles. The number of fused-ring (bicyclic) bond motifs is 1. The van der Waals surface area contributed by atoms with E-state index in [4.69, 9.17) is 5.11 Å². The maximum Gasteiger partial charge on any atom is 0.309 e. The highest BCUT2D eigenvalue weighted by Gasteiger charge is 2.11. The molecule has 2 heterocycles. The van der Waals surface area contributed by atoms with Crippen LogP contribution in [0.5, 0.6) is 0 Å². The molecule has 18 heavy (non-hydrogen) atoms. The third-order valence-corrected chi connectivity index (χ3v) is 2.62. The Morgan fingerprint density at radius 1 is 1.28 bits per heavy atom. The van der Waals surface area contributed by atoms with E-state index < -0.39 is 5.97 Å². The van der Waals surface area contributed by atoms with Crippen molar-refractivity contribution in [3.05, 3.63) is 42.1 Å². The molecule has 0 aliphatic heterocycles. The number of rotatable bonds is 3. The lowest BCUT2D eigenvalue weighted by molar-refractivity contribution is -0.136. The molecule has 3 rings (SSSR count). The summed E-state index contributed by atoms with van der Waals surface area (Å²) in [6.07, 6.45) is -0.0579. The normalized spacial score (nSPS) is 10.9. The lowest BCUT2D eigenvalue weighted by Gasteiger charge is -1.97. The predicted octanol–water partition coefficient (Wildman–Crippen LogP) is 1.35. The summed E-state index contributed by atoms with van der Waals surface area (Å²) < 4.78 is 1.69. The summed E-state index contributed by atoms with van der Waals surface area (Å²) in [7, 11) is 0. The van der Waals surface area contributed by atoms with Crippen molar-refractivity contribution < 1.29 is 9.90 Å². The first-order valence-electron chi connectivity index (χ1n) is 5.44. The van der Waals surface area contributed by atoms with Gasteiger partial charge in [0.2, 0.25) is 0 Å². The van der Waals surface area contributed by atoms with Gasteiger partial charge in [-0.2, -0.15) is 0 Å². The third kappa shape index (κ3) is 1.73. The van der Waals surface area contributed by atoms with Crippen LogP contribution in [0.2, 0.25) is 0 Å². The maximum atomic E-state index is 10.7. The smallest absolute Gasteiger partial charge is 0.309 e. The summed E-state index contributed by atoms with van der Waals surface area (Å²) in [4.78, 5) is 10.7. The molecule has 0 fully saturated rings. The van der Waals surface area contributed by atoms with Crippen LogP contribution in [0.1, 0.15) is 5.69 Å². The Hall–Kier alpha value is -2.63. The predicted molar refractivity (Wildman–Crippen MR) is 64.1 cm³/mol. The number of aliphatic carboxylic acids is 1. The first-order chi connectivity index (χ1) is 8.74. The minimum atomic E-state index is -0.881. The second-order valence-corrected chi connectivity index (χ2v) is 3.94. The van der Waals surface area contributed by atoms with Crippen molar-refractivity contribution in [1.82, 2.24) is 19.8 Å². The van der Waals surface area contributed by atoms with Crippen LogP contribution >= 0.6 is 0 Å². The molecular formula is C12H10N4O2. The van der Waals surface area contributed by atoms with Gasteiger partial charge in [0.1, 0.15) is 0 Å². The first kappa shape index (κ1) is 10.5.